The molecule has 9 nitrogen and oxygen atoms in total. The molecule has 0 radical (unpaired) electrons. The molecule has 0 bridgehead atoms. The minimum Gasteiger partial charge on any atom is -0.309 e. The summed E-state index contributed by atoms with van der Waals surface area (Å²) in [6, 6.07) is 71.5. The van der Waals surface area contributed by atoms with Crippen LogP contribution in [0.3, 0.4) is 0 Å². The third-order valence-electron chi connectivity index (χ3n) is 13.5. The van der Waals surface area contributed by atoms with Crippen LogP contribution in [-0.4, -0.2) is 23.7 Å². The molecule has 0 spiro atoms. The summed E-state index contributed by atoms with van der Waals surface area (Å²) in [5.74, 6) is 0.483. The van der Waals surface area contributed by atoms with Gasteiger partial charge < -0.3 is 13.7 Å². The predicted octanol–water partition coefficient (Wildman–Crippen LogP) is 15.6. The van der Waals surface area contributed by atoms with E-state index in [1.165, 1.54) is 0 Å². The van der Waals surface area contributed by atoms with Crippen molar-refractivity contribution in [3.05, 3.63) is 234 Å². The molecular weight excluding hydrogens is 871 g/mol. The zero-order valence-corrected chi connectivity index (χ0v) is 37.6. The smallest absolute Gasteiger partial charge is 0.187 e. The molecule has 0 aliphatic carbocycles. The Morgan fingerprint density at radius 3 is 1.30 bits per heavy atom. The fourth-order valence-corrected chi connectivity index (χ4v) is 10.3. The summed E-state index contributed by atoms with van der Waals surface area (Å²) in [7, 11) is 0. The predicted molar refractivity (Wildman–Crippen MR) is 283 cm³/mol. The van der Waals surface area contributed by atoms with Crippen LogP contribution in [0.2, 0.25) is 0 Å². The second kappa shape index (κ2) is 16.0. The third kappa shape index (κ3) is 6.51. The largest absolute Gasteiger partial charge is 0.309 e. The fraction of sp³-hybridized carbons (Fsp3) is 0. The van der Waals surface area contributed by atoms with Gasteiger partial charge in [0, 0.05) is 60.5 Å². The highest BCUT2D eigenvalue weighted by Crippen LogP contribution is 2.41. The third-order valence-corrected chi connectivity index (χ3v) is 13.5. The Labute approximate surface area is 406 Å². The Morgan fingerprint density at radius 1 is 0.352 bits per heavy atom. The number of rotatable bonds is 6. The maximum absolute atomic E-state index is 9.86. The summed E-state index contributed by atoms with van der Waals surface area (Å²) >= 11 is 0. The molecule has 9 heteroatoms. The van der Waals surface area contributed by atoms with Crippen molar-refractivity contribution >= 4 is 76.8 Å². The lowest BCUT2D eigenvalue weighted by Gasteiger charge is -2.12. The van der Waals surface area contributed by atoms with Gasteiger partial charge in [0.05, 0.1) is 80.9 Å². The van der Waals surface area contributed by atoms with Crippen LogP contribution in [0.1, 0.15) is 11.1 Å². The van der Waals surface area contributed by atoms with E-state index in [-0.39, 0.29) is 0 Å². The summed E-state index contributed by atoms with van der Waals surface area (Å²) in [4.78, 5) is 17.3. The second-order valence-corrected chi connectivity index (χ2v) is 17.5. The number of fused-ring (bicyclic) bond motifs is 9. The highest BCUT2D eigenvalue weighted by atomic mass is 15.0. The number of para-hydroxylation sites is 2. The number of nitrogens with zero attached hydrogens (tertiary/aromatic N) is 9. The lowest BCUT2D eigenvalue weighted by molar-refractivity contribution is 1.16. The summed E-state index contributed by atoms with van der Waals surface area (Å²) in [6.45, 7) is 15.3. The zero-order valence-electron chi connectivity index (χ0n) is 37.6. The highest BCUT2D eigenvalue weighted by Gasteiger charge is 2.20. The monoisotopic (exact) mass is 903 g/mol. The Kier molecular flexibility index (Phi) is 9.19. The molecular formula is C62H33N9. The van der Waals surface area contributed by atoms with E-state index in [1.807, 2.05) is 84.9 Å². The number of benzene rings is 9. The van der Waals surface area contributed by atoms with Gasteiger partial charge in [-0.25, -0.2) is 19.7 Å². The van der Waals surface area contributed by atoms with Crippen LogP contribution >= 0.6 is 0 Å². The minimum absolute atomic E-state index is 0.483. The summed E-state index contributed by atoms with van der Waals surface area (Å²) in [6.07, 6.45) is 0. The molecule has 71 heavy (non-hydrogen) atoms. The maximum Gasteiger partial charge on any atom is 0.187 e. The molecule has 0 N–H and O–H groups in total. The van der Waals surface area contributed by atoms with Crippen LogP contribution in [0.4, 0.5) is 11.4 Å². The molecule has 0 saturated heterocycles. The Balaban J connectivity index is 1.02. The molecule has 0 amide bonds. The Hall–Kier alpha value is -10.6. The van der Waals surface area contributed by atoms with E-state index in [1.54, 1.807) is 18.2 Å². The maximum atomic E-state index is 9.86. The molecule has 9 aromatic carbocycles. The lowest BCUT2D eigenvalue weighted by atomic mass is 10.1. The second-order valence-electron chi connectivity index (χ2n) is 17.5. The molecule has 0 fully saturated rings. The molecule has 4 aromatic heterocycles. The number of hydrogen-bond acceptors (Lipinski definition) is 4. The van der Waals surface area contributed by atoms with E-state index in [0.717, 1.165) is 99.2 Å². The van der Waals surface area contributed by atoms with Crippen LogP contribution in [0.5, 0.6) is 0 Å². The topological polar surface area (TPSA) is 96.9 Å². The van der Waals surface area contributed by atoms with Crippen molar-refractivity contribution in [3.63, 3.8) is 0 Å². The summed E-state index contributed by atoms with van der Waals surface area (Å²) in [5.41, 5.74) is 15.1. The molecule has 13 aromatic rings. The fourth-order valence-electron chi connectivity index (χ4n) is 10.3. The zero-order chi connectivity index (χ0) is 47.7. The van der Waals surface area contributed by atoms with Gasteiger partial charge in [0.15, 0.2) is 17.2 Å². The van der Waals surface area contributed by atoms with E-state index in [2.05, 4.69) is 133 Å². The van der Waals surface area contributed by atoms with Gasteiger partial charge in [0.25, 0.3) is 0 Å². The van der Waals surface area contributed by atoms with Crippen molar-refractivity contribution in [1.82, 2.24) is 23.7 Å². The van der Waals surface area contributed by atoms with Gasteiger partial charge in [-0.15, -0.1) is 0 Å². The van der Waals surface area contributed by atoms with Crippen molar-refractivity contribution in [2.45, 2.75) is 0 Å². The first-order chi connectivity index (χ1) is 35.0. The van der Waals surface area contributed by atoms with Gasteiger partial charge in [-0.05, 0) is 121 Å². The van der Waals surface area contributed by atoms with Crippen molar-refractivity contribution in [1.29, 1.82) is 10.5 Å². The first-order valence-electron chi connectivity index (χ1n) is 22.9. The van der Waals surface area contributed by atoms with Gasteiger partial charge in [-0.1, -0.05) is 84.9 Å². The standard InChI is InChI=1S/C62H33N9/c1-65-43-11-7-9-41(31-43)55-35-54(67-62(68-55)42-10-8-12-44(32-42)66-2)40-19-21-45(22-20-40)69-60-27-23-46(70-56-15-5-3-13-48(56)50-29-38(36-63)17-25-58(50)70)33-52(60)53-34-47(24-28-61(53)69)71-57-16-6-4-14-49(57)51-30-39(37-64)18-26-59(51)71/h3-35H. The van der Waals surface area contributed by atoms with E-state index < -0.39 is 0 Å². The Bertz CT molecular complexity index is 4310. The Morgan fingerprint density at radius 2 is 0.775 bits per heavy atom. The average molecular weight is 904 g/mol. The highest BCUT2D eigenvalue weighted by molar-refractivity contribution is 6.14. The van der Waals surface area contributed by atoms with Crippen LogP contribution in [0.25, 0.3) is 126 Å². The molecule has 4 heterocycles. The number of nitriles is 2. The van der Waals surface area contributed by atoms with Gasteiger partial charge in [0.2, 0.25) is 0 Å². The van der Waals surface area contributed by atoms with Gasteiger partial charge in [-0.3, -0.25) is 0 Å². The van der Waals surface area contributed by atoms with Gasteiger partial charge in [0.1, 0.15) is 0 Å². The first-order valence-corrected chi connectivity index (χ1v) is 22.9. The molecule has 0 aliphatic rings. The normalized spacial score (nSPS) is 11.3. The molecule has 0 saturated carbocycles. The van der Waals surface area contributed by atoms with E-state index >= 15 is 0 Å². The number of hydrogen-bond donors (Lipinski definition) is 0. The van der Waals surface area contributed by atoms with E-state index in [0.29, 0.717) is 39.7 Å². The van der Waals surface area contributed by atoms with Crippen molar-refractivity contribution in [2.75, 3.05) is 0 Å². The summed E-state index contributed by atoms with van der Waals surface area (Å²) in [5, 5.41) is 26.0. The van der Waals surface area contributed by atoms with Crippen molar-refractivity contribution in [2.24, 2.45) is 0 Å². The van der Waals surface area contributed by atoms with Crippen molar-refractivity contribution < 1.29 is 0 Å². The van der Waals surface area contributed by atoms with E-state index in [9.17, 15) is 10.5 Å². The molecule has 0 atom stereocenters. The van der Waals surface area contributed by atoms with Crippen LogP contribution in [0, 0.1) is 35.8 Å². The number of aromatic nitrogens is 5. The SMILES string of the molecule is [C-]#[N+]c1cccc(-c2cc(-c3ccc(-n4c5ccc(-n6c7ccccc7c7cc(C#N)ccc76)cc5c5cc(-n6c7ccccc7c7cc(C#N)ccc76)ccc54)cc3)nc(-c3cccc([N+]#[C-])c3)n2)c1. The molecule has 0 unspecified atom stereocenters. The van der Waals surface area contributed by atoms with Crippen LogP contribution in [0.15, 0.2) is 200 Å². The average Bonchev–Trinajstić information content (AvgIpc) is 4.07. The van der Waals surface area contributed by atoms with Gasteiger partial charge >= 0.3 is 0 Å². The lowest BCUT2D eigenvalue weighted by Crippen LogP contribution is -1.98. The first kappa shape index (κ1) is 40.7. The quantitative estimate of drug-likeness (QED) is 0.155. The summed E-state index contributed by atoms with van der Waals surface area (Å²) < 4.78 is 6.88. The van der Waals surface area contributed by atoms with Crippen molar-refractivity contribution in [3.8, 4) is 63.1 Å². The molecule has 326 valence electrons. The van der Waals surface area contributed by atoms with E-state index in [4.69, 9.17) is 23.1 Å². The minimum atomic E-state index is 0.483. The van der Waals surface area contributed by atoms with Crippen LogP contribution < -0.4 is 0 Å². The van der Waals surface area contributed by atoms with Crippen LogP contribution in [-0.2, 0) is 0 Å². The van der Waals surface area contributed by atoms with Gasteiger partial charge in [-0.2, -0.15) is 10.5 Å². The molecule has 0 aliphatic heterocycles. The molecule has 13 rings (SSSR count).